The van der Waals surface area contributed by atoms with Crippen molar-refractivity contribution >= 4 is 37.4 Å². The first-order valence-electron chi connectivity index (χ1n) is 5.00. The van der Waals surface area contributed by atoms with Gasteiger partial charge in [-0.3, -0.25) is 0 Å². The average molecular weight is 290 g/mol. The van der Waals surface area contributed by atoms with Crippen LogP contribution in [0.4, 0.5) is 4.79 Å². The fourth-order valence-electron chi connectivity index (χ4n) is 1.90. The minimum Gasteiger partial charge on any atom is -0.245 e. The Labute approximate surface area is 108 Å². The van der Waals surface area contributed by atoms with Gasteiger partial charge in [-0.25, -0.2) is 13.2 Å². The summed E-state index contributed by atoms with van der Waals surface area (Å²) >= 11 is 0. The number of nitrogens with zero attached hydrogens (tertiary/aromatic N) is 2. The van der Waals surface area contributed by atoms with E-state index in [4.69, 9.17) is 10.7 Å². The van der Waals surface area contributed by atoms with Crippen LogP contribution >= 0.6 is 10.7 Å². The highest BCUT2D eigenvalue weighted by atomic mass is 35.7. The van der Waals surface area contributed by atoms with Gasteiger partial charge in [-0.2, -0.15) is 14.3 Å². The molecule has 0 saturated carbocycles. The van der Waals surface area contributed by atoms with E-state index in [1.807, 2.05) is 0 Å². The van der Waals surface area contributed by atoms with Crippen LogP contribution in [-0.4, -0.2) is 49.6 Å². The van der Waals surface area contributed by atoms with E-state index in [0.717, 1.165) is 4.90 Å². The summed E-state index contributed by atoms with van der Waals surface area (Å²) in [5, 5.41) is 0. The van der Waals surface area contributed by atoms with Crippen molar-refractivity contribution in [1.29, 1.82) is 0 Å². The van der Waals surface area contributed by atoms with Crippen LogP contribution in [0.25, 0.3) is 0 Å². The summed E-state index contributed by atoms with van der Waals surface area (Å²) in [5.74, 6) is -1.28. The molecule has 1 aliphatic heterocycles. The van der Waals surface area contributed by atoms with Crippen LogP contribution in [0, 0.1) is 5.92 Å². The van der Waals surface area contributed by atoms with Gasteiger partial charge in [0.25, 0.3) is 9.05 Å². The number of hydrogen-bond donors (Lipinski definition) is 0. The topological polar surface area (TPSA) is 74.5 Å². The van der Waals surface area contributed by atoms with Gasteiger partial charge in [-0.15, -0.1) is 0 Å². The van der Waals surface area contributed by atoms with Gasteiger partial charge in [0.2, 0.25) is 0 Å². The van der Waals surface area contributed by atoms with E-state index in [1.54, 1.807) is 0 Å². The number of hydrogen-bond acceptors (Lipinski definition) is 4. The van der Waals surface area contributed by atoms with E-state index in [9.17, 15) is 18.0 Å². The molecule has 0 fully saturated rings. The number of rotatable bonds is 1. The van der Waals surface area contributed by atoms with E-state index in [-0.39, 0.29) is 4.91 Å². The summed E-state index contributed by atoms with van der Waals surface area (Å²) in [4.78, 5) is 24.4. The van der Waals surface area contributed by atoms with Crippen LogP contribution in [0.15, 0.2) is 23.1 Å². The SMILES string of the molecule is CN1C(=O)C2C=C(S(=O)(=O)Cl)C=CC2=[N+](C)C1=O. The molecule has 8 heteroatoms. The zero-order valence-corrected chi connectivity index (χ0v) is 11.2. The van der Waals surface area contributed by atoms with E-state index in [0.29, 0.717) is 5.71 Å². The second-order valence-corrected chi connectivity index (χ2v) is 6.55. The molecule has 2 aliphatic rings. The van der Waals surface area contributed by atoms with Gasteiger partial charge in [-0.05, 0) is 18.2 Å². The molecule has 0 aromatic carbocycles. The molecule has 18 heavy (non-hydrogen) atoms. The van der Waals surface area contributed by atoms with Crippen molar-refractivity contribution in [3.8, 4) is 0 Å². The summed E-state index contributed by atoms with van der Waals surface area (Å²) in [6, 6.07) is -0.457. The number of urea groups is 1. The van der Waals surface area contributed by atoms with Crippen LogP contribution in [0.2, 0.25) is 0 Å². The first-order valence-corrected chi connectivity index (χ1v) is 7.31. The Bertz CT molecular complexity index is 645. The van der Waals surface area contributed by atoms with Crippen LogP contribution in [0.5, 0.6) is 0 Å². The normalized spacial score (nSPS) is 24.3. The van der Waals surface area contributed by atoms with Gasteiger partial charge in [0.15, 0.2) is 0 Å². The Morgan fingerprint density at radius 2 is 1.94 bits per heavy atom. The van der Waals surface area contributed by atoms with Gasteiger partial charge in [-0.1, -0.05) is 0 Å². The second-order valence-electron chi connectivity index (χ2n) is 3.98. The number of amides is 3. The monoisotopic (exact) mass is 289 g/mol. The molecule has 1 atom stereocenters. The minimum atomic E-state index is -3.89. The Balaban J connectivity index is 2.59. The molecule has 0 N–H and O–H groups in total. The molecule has 1 aliphatic carbocycles. The van der Waals surface area contributed by atoms with Crippen molar-refractivity contribution in [2.45, 2.75) is 0 Å². The molecule has 0 spiro atoms. The quantitative estimate of drug-likeness (QED) is 0.514. The molecule has 1 unspecified atom stereocenters. The van der Waals surface area contributed by atoms with Crippen molar-refractivity contribution in [1.82, 2.24) is 4.90 Å². The van der Waals surface area contributed by atoms with Crippen molar-refractivity contribution in [3.05, 3.63) is 23.1 Å². The average Bonchev–Trinajstić information content (AvgIpc) is 2.32. The molecular formula is C10H10ClN2O4S+. The standard InChI is InChI=1S/C10H10ClN2O4S/c1-12-8-4-3-6(18(11,16)17)5-7(8)9(14)13(2)10(12)15/h3-5,7H,1-2H3/q+1. The van der Waals surface area contributed by atoms with E-state index < -0.39 is 26.9 Å². The fraction of sp³-hybridized carbons (Fsp3) is 0.300. The third kappa shape index (κ3) is 1.89. The molecule has 1 heterocycles. The number of imide groups is 1. The van der Waals surface area contributed by atoms with Crippen molar-refractivity contribution in [2.75, 3.05) is 14.1 Å². The summed E-state index contributed by atoms with van der Waals surface area (Å²) in [7, 11) is 4.21. The summed E-state index contributed by atoms with van der Waals surface area (Å²) in [6.07, 6.45) is 3.94. The molecule has 6 nitrogen and oxygen atoms in total. The largest absolute Gasteiger partial charge is 0.500 e. The number of allylic oxidation sites excluding steroid dienone is 2. The lowest BCUT2D eigenvalue weighted by atomic mass is 9.95. The molecule has 3 amide bonds. The van der Waals surface area contributed by atoms with Crippen molar-refractivity contribution in [3.63, 3.8) is 0 Å². The maximum absolute atomic E-state index is 11.9. The van der Waals surface area contributed by atoms with Gasteiger partial charge in [0.1, 0.15) is 11.6 Å². The first-order chi connectivity index (χ1) is 8.23. The second kappa shape index (κ2) is 4.03. The molecular weight excluding hydrogens is 280 g/mol. The molecule has 0 radical (unpaired) electrons. The third-order valence-corrected chi connectivity index (χ3v) is 4.28. The highest BCUT2D eigenvalue weighted by Crippen LogP contribution is 2.25. The Morgan fingerprint density at radius 3 is 2.50 bits per heavy atom. The van der Waals surface area contributed by atoms with Crippen LogP contribution in [-0.2, 0) is 13.8 Å². The third-order valence-electron chi connectivity index (χ3n) is 2.91. The molecule has 0 aromatic rings. The zero-order chi connectivity index (χ0) is 13.7. The van der Waals surface area contributed by atoms with Gasteiger partial charge >= 0.3 is 11.9 Å². The lowest BCUT2D eigenvalue weighted by molar-refractivity contribution is -0.405. The number of carbonyl (C=O) groups excluding carboxylic acids is 2. The van der Waals surface area contributed by atoms with E-state index >= 15 is 0 Å². The summed E-state index contributed by atoms with van der Waals surface area (Å²) < 4.78 is 23.8. The maximum Gasteiger partial charge on any atom is 0.500 e. The Kier molecular flexibility index (Phi) is 2.90. The maximum atomic E-state index is 11.9. The highest BCUT2D eigenvalue weighted by molar-refractivity contribution is 8.17. The van der Waals surface area contributed by atoms with E-state index in [2.05, 4.69) is 0 Å². The van der Waals surface area contributed by atoms with Gasteiger partial charge in [0, 0.05) is 10.7 Å². The van der Waals surface area contributed by atoms with E-state index in [1.165, 1.54) is 36.9 Å². The molecule has 96 valence electrons. The van der Waals surface area contributed by atoms with Gasteiger partial charge < -0.3 is 0 Å². The predicted octanol–water partition coefficient (Wildman–Crippen LogP) is 0.300. The molecule has 0 bridgehead atoms. The number of carbonyl (C=O) groups is 2. The molecule has 2 rings (SSSR count). The summed E-state index contributed by atoms with van der Waals surface area (Å²) in [5.41, 5.74) is 0.437. The fourth-order valence-corrected chi connectivity index (χ4v) is 2.73. The molecule has 0 aromatic heterocycles. The van der Waals surface area contributed by atoms with Crippen LogP contribution in [0.1, 0.15) is 0 Å². The molecule has 0 saturated heterocycles. The lowest BCUT2D eigenvalue weighted by Gasteiger charge is -2.23. The Hall–Kier alpha value is -1.47. The number of fused-ring (bicyclic) bond motifs is 1. The Morgan fingerprint density at radius 1 is 1.33 bits per heavy atom. The first kappa shape index (κ1) is 13.0. The van der Waals surface area contributed by atoms with Crippen molar-refractivity contribution < 1.29 is 22.6 Å². The zero-order valence-electron chi connectivity index (χ0n) is 9.62. The van der Waals surface area contributed by atoms with Crippen LogP contribution in [0.3, 0.4) is 0 Å². The smallest absolute Gasteiger partial charge is 0.245 e. The lowest BCUT2D eigenvalue weighted by Crippen LogP contribution is -2.51. The number of halogens is 1. The minimum absolute atomic E-state index is 0.137. The highest BCUT2D eigenvalue weighted by Gasteiger charge is 2.44. The summed E-state index contributed by atoms with van der Waals surface area (Å²) in [6.45, 7) is 0. The van der Waals surface area contributed by atoms with Crippen molar-refractivity contribution in [2.24, 2.45) is 5.92 Å². The van der Waals surface area contributed by atoms with Gasteiger partial charge in [0.05, 0.1) is 19.0 Å². The predicted molar refractivity (Wildman–Crippen MR) is 64.8 cm³/mol. The van der Waals surface area contributed by atoms with Crippen LogP contribution < -0.4 is 0 Å².